The molecule has 6 bridgehead atoms. The Hall–Kier alpha value is -3.58. The number of piperazine rings is 3. The smallest absolute Gasteiger partial charge is 0.287 e. The summed E-state index contributed by atoms with van der Waals surface area (Å²) >= 11 is 0. The van der Waals surface area contributed by atoms with E-state index in [1.807, 2.05) is 0 Å². The van der Waals surface area contributed by atoms with Crippen LogP contribution in [0.4, 0.5) is 5.69 Å². The van der Waals surface area contributed by atoms with Gasteiger partial charge in [-0.1, -0.05) is 0 Å². The van der Waals surface area contributed by atoms with Crippen molar-refractivity contribution in [3.8, 4) is 0 Å². The van der Waals surface area contributed by atoms with Crippen LogP contribution in [0, 0.1) is 23.7 Å². The van der Waals surface area contributed by atoms with Crippen molar-refractivity contribution >= 4 is 35.1 Å². The largest absolute Gasteiger partial charge is 0.351 e. The summed E-state index contributed by atoms with van der Waals surface area (Å²) in [6.07, 6.45) is 7.11. The molecule has 7 fully saturated rings. The number of nitrogens with one attached hydrogen (secondary N) is 4. The van der Waals surface area contributed by atoms with Crippen molar-refractivity contribution in [1.29, 1.82) is 0 Å². The number of anilines is 1. The molecule has 1 unspecified atom stereocenters. The summed E-state index contributed by atoms with van der Waals surface area (Å²) in [5.41, 5.74) is -1.19. The highest BCUT2D eigenvalue weighted by Crippen LogP contribution is 2.53. The quantitative estimate of drug-likeness (QED) is 0.251. The number of carbonyl (C=O) groups is 5. The first-order valence-corrected chi connectivity index (χ1v) is 17.2. The number of amides is 4. The van der Waals surface area contributed by atoms with Crippen LogP contribution in [0.1, 0.15) is 65.7 Å². The number of Topliss-reactive ketones (excluding diaryl/α,β-unsaturated/α-hetero) is 1. The molecule has 0 spiro atoms. The van der Waals surface area contributed by atoms with Crippen LogP contribution in [0.15, 0.2) is 23.1 Å². The molecule has 47 heavy (non-hydrogen) atoms. The highest BCUT2D eigenvalue weighted by Gasteiger charge is 2.48. The summed E-state index contributed by atoms with van der Waals surface area (Å²) in [5, 5.41) is 11.3. The molecule has 0 radical (unpaired) electrons. The van der Waals surface area contributed by atoms with Crippen molar-refractivity contribution < 1.29 is 24.0 Å². The topological polar surface area (TPSA) is 162 Å². The number of hydrogen-bond donors (Lipinski definition) is 4. The zero-order valence-electron chi connectivity index (χ0n) is 27.8. The van der Waals surface area contributed by atoms with Gasteiger partial charge in [0.1, 0.15) is 24.3 Å². The minimum absolute atomic E-state index is 0.0393. The highest BCUT2D eigenvalue weighted by molar-refractivity contribution is 6.36. The van der Waals surface area contributed by atoms with Gasteiger partial charge >= 0.3 is 0 Å². The molecule has 3 saturated heterocycles. The Morgan fingerprint density at radius 3 is 2.19 bits per heavy atom. The first-order chi connectivity index (χ1) is 22.3. The molecule has 13 heteroatoms. The molecular formula is C34H49N7O6. The summed E-state index contributed by atoms with van der Waals surface area (Å²) in [6.45, 7) is 8.92. The highest BCUT2D eigenvalue weighted by atomic mass is 16.2. The molecule has 1 aromatic heterocycles. The van der Waals surface area contributed by atoms with Gasteiger partial charge in [-0.2, -0.15) is 0 Å². The zero-order valence-corrected chi connectivity index (χ0v) is 27.8. The molecule has 13 nitrogen and oxygen atoms in total. The third-order valence-corrected chi connectivity index (χ3v) is 10.8. The van der Waals surface area contributed by atoms with Gasteiger partial charge in [-0.25, -0.2) is 0 Å². The number of nitrogens with zero attached hydrogens (tertiary/aromatic N) is 3. The molecule has 2 atom stereocenters. The van der Waals surface area contributed by atoms with Gasteiger partial charge in [0.2, 0.25) is 23.5 Å². The van der Waals surface area contributed by atoms with Crippen LogP contribution in [-0.4, -0.2) is 100 Å². The second-order valence-corrected chi connectivity index (χ2v) is 15.4. The van der Waals surface area contributed by atoms with E-state index in [-0.39, 0.29) is 42.9 Å². The van der Waals surface area contributed by atoms with Crippen LogP contribution < -0.4 is 26.8 Å². The Balaban J connectivity index is 1.11. The molecule has 4 N–H and O–H groups in total. The lowest BCUT2D eigenvalue weighted by atomic mass is 9.54. The van der Waals surface area contributed by atoms with Gasteiger partial charge in [0.15, 0.2) is 0 Å². The lowest BCUT2D eigenvalue weighted by Gasteiger charge is -2.54. The second-order valence-electron chi connectivity index (χ2n) is 15.4. The van der Waals surface area contributed by atoms with E-state index >= 15 is 0 Å². The number of carbonyl (C=O) groups excluding carboxylic acids is 5. The van der Waals surface area contributed by atoms with E-state index in [1.165, 1.54) is 48.9 Å². The van der Waals surface area contributed by atoms with Crippen LogP contribution in [-0.2, 0) is 30.5 Å². The second kappa shape index (κ2) is 13.5. The molecule has 4 aliphatic carbocycles. The summed E-state index contributed by atoms with van der Waals surface area (Å²) < 4.78 is 1.27. The van der Waals surface area contributed by atoms with Gasteiger partial charge in [-0.3, -0.25) is 38.6 Å². The van der Waals surface area contributed by atoms with E-state index in [1.54, 1.807) is 26.8 Å². The molecule has 4 amide bonds. The van der Waals surface area contributed by atoms with Gasteiger partial charge in [0.05, 0.1) is 0 Å². The van der Waals surface area contributed by atoms with E-state index in [0.29, 0.717) is 18.4 Å². The average Bonchev–Trinajstić information content (AvgIpc) is 3.02. The first-order valence-electron chi connectivity index (χ1n) is 17.2. The van der Waals surface area contributed by atoms with Crippen molar-refractivity contribution in [2.75, 3.05) is 38.0 Å². The molecule has 3 aliphatic heterocycles. The van der Waals surface area contributed by atoms with Gasteiger partial charge in [0.25, 0.3) is 11.5 Å². The maximum Gasteiger partial charge on any atom is 0.287 e. The number of pyridine rings is 1. The predicted molar refractivity (Wildman–Crippen MR) is 174 cm³/mol. The predicted octanol–water partition coefficient (Wildman–Crippen LogP) is 0.476. The average molecular weight is 652 g/mol. The molecule has 4 heterocycles. The molecule has 7 aliphatic rings. The summed E-state index contributed by atoms with van der Waals surface area (Å²) in [4.78, 5) is 82.9. The number of fused-ring (bicyclic) bond motifs is 3. The van der Waals surface area contributed by atoms with E-state index < -0.39 is 40.8 Å². The lowest BCUT2D eigenvalue weighted by molar-refractivity contribution is -0.139. The fourth-order valence-corrected chi connectivity index (χ4v) is 8.73. The Bertz CT molecular complexity index is 1430. The van der Waals surface area contributed by atoms with E-state index in [4.69, 9.17) is 0 Å². The first kappa shape index (κ1) is 33.3. The van der Waals surface area contributed by atoms with Crippen molar-refractivity contribution in [3.05, 3.63) is 28.7 Å². The zero-order chi connectivity index (χ0) is 33.5. The van der Waals surface area contributed by atoms with Gasteiger partial charge in [-0.05, 0) is 95.1 Å². The Kier molecular flexibility index (Phi) is 9.57. The summed E-state index contributed by atoms with van der Waals surface area (Å²) in [5.74, 6) is -0.113. The van der Waals surface area contributed by atoms with Crippen LogP contribution in [0.5, 0.6) is 0 Å². The molecular weight excluding hydrogens is 602 g/mol. The van der Waals surface area contributed by atoms with E-state index in [2.05, 4.69) is 31.1 Å². The lowest BCUT2D eigenvalue weighted by Crippen LogP contribution is -2.66. The fraction of sp³-hybridized carbons (Fsp3) is 0.706. The monoisotopic (exact) mass is 651 g/mol. The number of rotatable bonds is 11. The Labute approximate surface area is 275 Å². The molecule has 1 aromatic rings. The standard InChI is InChI=1S/C34H49N7O6/c1-34(2,3)38-32(46)27(42)7-6-24(35-31(45)26-18-39-9-11-40(26)12-10-39)30(44)36-25-5-4-8-41(33(25)47)19-28(43)37-29-22-14-20-13-21(16-22)17-23(29)15-20/h4-5,8,20-24,26,29H,6-7,9-19H2,1-3H3,(H,35,45)(H,36,44)(H,37,43)(H,38,46)/t20?,21?,22?,23?,24-,26?,29?/m0/s1. The molecule has 256 valence electrons. The van der Waals surface area contributed by atoms with Gasteiger partial charge in [0, 0.05) is 56.9 Å². The SMILES string of the molecule is CC(C)(C)NC(=O)C(=O)CC[C@H](NC(=O)C1CN2CCN1CC2)C(=O)Nc1cccn(CC(=O)NC2C3CC4CC(C3)CC2C4)c1=O. The normalized spacial score (nSPS) is 31.1. The van der Waals surface area contributed by atoms with Crippen LogP contribution in [0.2, 0.25) is 0 Å². The third kappa shape index (κ3) is 7.77. The molecule has 4 saturated carbocycles. The van der Waals surface area contributed by atoms with Crippen molar-refractivity contribution in [3.63, 3.8) is 0 Å². The number of hydrogen-bond acceptors (Lipinski definition) is 8. The van der Waals surface area contributed by atoms with Gasteiger partial charge in [-0.15, -0.1) is 0 Å². The summed E-state index contributed by atoms with van der Waals surface area (Å²) in [7, 11) is 0. The molecule has 0 aromatic carbocycles. The summed E-state index contributed by atoms with van der Waals surface area (Å²) in [6, 6.07) is 1.58. The van der Waals surface area contributed by atoms with Crippen molar-refractivity contribution in [2.45, 2.75) is 95.9 Å². The van der Waals surface area contributed by atoms with E-state index in [0.717, 1.165) is 38.0 Å². The molecule has 8 rings (SSSR count). The van der Waals surface area contributed by atoms with Crippen LogP contribution in [0.3, 0.4) is 0 Å². The van der Waals surface area contributed by atoms with Gasteiger partial charge < -0.3 is 25.8 Å². The fourth-order valence-electron chi connectivity index (χ4n) is 8.73. The van der Waals surface area contributed by atoms with Crippen LogP contribution in [0.25, 0.3) is 0 Å². The van der Waals surface area contributed by atoms with E-state index in [9.17, 15) is 28.8 Å². The van der Waals surface area contributed by atoms with Crippen LogP contribution >= 0.6 is 0 Å². The number of ketones is 1. The maximum absolute atomic E-state index is 13.6. The maximum atomic E-state index is 13.6. The van der Waals surface area contributed by atoms with Crippen molar-refractivity contribution in [2.24, 2.45) is 23.7 Å². The van der Waals surface area contributed by atoms with Crippen molar-refractivity contribution in [1.82, 2.24) is 30.3 Å². The minimum atomic E-state index is -1.17. The minimum Gasteiger partial charge on any atom is -0.351 e. The third-order valence-electron chi connectivity index (χ3n) is 10.8. The Morgan fingerprint density at radius 1 is 0.936 bits per heavy atom. The Morgan fingerprint density at radius 2 is 1.60 bits per heavy atom. The number of aromatic nitrogens is 1.